The smallest absolute Gasteiger partial charge is 0.231 e. The third-order valence-corrected chi connectivity index (χ3v) is 5.60. The lowest BCUT2D eigenvalue weighted by Gasteiger charge is -2.23. The van der Waals surface area contributed by atoms with Gasteiger partial charge in [-0.1, -0.05) is 32.9 Å². The number of amides is 1. The van der Waals surface area contributed by atoms with E-state index < -0.39 is 5.54 Å². The summed E-state index contributed by atoms with van der Waals surface area (Å²) in [5.41, 5.74) is 1.84. The van der Waals surface area contributed by atoms with Gasteiger partial charge in [0.1, 0.15) is 5.54 Å². The van der Waals surface area contributed by atoms with Crippen LogP contribution in [0.3, 0.4) is 0 Å². The second kappa shape index (κ2) is 6.57. The Hall–Kier alpha value is -1.47. The molecule has 0 heterocycles. The van der Waals surface area contributed by atoms with E-state index in [0.717, 1.165) is 17.7 Å². The molecule has 0 saturated heterocycles. The molecule has 1 saturated carbocycles. The van der Waals surface area contributed by atoms with Gasteiger partial charge in [-0.3, -0.25) is 4.79 Å². The van der Waals surface area contributed by atoms with Crippen LogP contribution in [0.25, 0.3) is 0 Å². The van der Waals surface area contributed by atoms with Crippen molar-refractivity contribution in [1.82, 2.24) is 5.32 Å². The van der Waals surface area contributed by atoms with E-state index in [1.54, 1.807) is 11.8 Å². The molecule has 1 aliphatic carbocycles. The number of hydrogen-bond acceptors (Lipinski definition) is 3. The zero-order valence-electron chi connectivity index (χ0n) is 14.7. The topological polar surface area (TPSA) is 52.9 Å². The van der Waals surface area contributed by atoms with Gasteiger partial charge in [-0.15, -0.1) is 11.8 Å². The van der Waals surface area contributed by atoms with Crippen molar-refractivity contribution in [2.45, 2.75) is 63.3 Å². The quantitative estimate of drug-likeness (QED) is 0.824. The van der Waals surface area contributed by atoms with Crippen LogP contribution in [-0.4, -0.2) is 17.2 Å². The van der Waals surface area contributed by atoms with Crippen LogP contribution in [0.1, 0.15) is 51.7 Å². The Labute approximate surface area is 143 Å². The Bertz CT molecular complexity index is 638. The molecule has 0 bridgehead atoms. The fourth-order valence-electron chi connectivity index (χ4n) is 2.57. The van der Waals surface area contributed by atoms with Crippen LogP contribution in [0.5, 0.6) is 0 Å². The molecule has 1 aromatic rings. The maximum atomic E-state index is 12.2. The van der Waals surface area contributed by atoms with E-state index in [0.29, 0.717) is 11.7 Å². The van der Waals surface area contributed by atoms with E-state index in [9.17, 15) is 10.1 Å². The summed E-state index contributed by atoms with van der Waals surface area (Å²) in [6.45, 7) is 10.5. The number of nitriles is 1. The molecule has 4 heteroatoms. The van der Waals surface area contributed by atoms with Crippen LogP contribution in [0.4, 0.5) is 0 Å². The molecule has 1 aliphatic rings. The van der Waals surface area contributed by atoms with E-state index >= 15 is 0 Å². The van der Waals surface area contributed by atoms with Crippen molar-refractivity contribution >= 4 is 17.7 Å². The minimum Gasteiger partial charge on any atom is -0.337 e. The highest BCUT2D eigenvalue weighted by molar-refractivity contribution is 8.00. The van der Waals surface area contributed by atoms with Gasteiger partial charge in [0.2, 0.25) is 5.91 Å². The second-order valence-electron chi connectivity index (χ2n) is 7.66. The first-order valence-electron chi connectivity index (χ1n) is 8.12. The Morgan fingerprint density at radius 3 is 2.52 bits per heavy atom. The Balaban J connectivity index is 2.00. The SMILES string of the molecule is Cc1ccc(C(C)(C)C)cc1SCC(=O)N[C@@](C)(C#N)C1CC1. The van der Waals surface area contributed by atoms with Gasteiger partial charge in [-0.05, 0) is 55.2 Å². The highest BCUT2D eigenvalue weighted by atomic mass is 32.2. The standard InChI is InChI=1S/C19H26N2OS/c1-13-6-7-15(18(2,3)4)10-16(13)23-11-17(22)21-19(5,12-20)14-8-9-14/h6-7,10,14H,8-9,11H2,1-5H3,(H,21,22)/t19-/m0/s1. The van der Waals surface area contributed by atoms with Gasteiger partial charge in [0.05, 0.1) is 11.8 Å². The largest absolute Gasteiger partial charge is 0.337 e. The molecule has 0 aliphatic heterocycles. The second-order valence-corrected chi connectivity index (χ2v) is 8.67. The molecule has 3 nitrogen and oxygen atoms in total. The lowest BCUT2D eigenvalue weighted by atomic mass is 9.87. The maximum Gasteiger partial charge on any atom is 0.231 e. The molecule has 1 amide bonds. The van der Waals surface area contributed by atoms with Gasteiger partial charge in [0.25, 0.3) is 0 Å². The normalized spacial score (nSPS) is 17.2. The highest BCUT2D eigenvalue weighted by Gasteiger charge is 2.42. The molecule has 0 unspecified atom stereocenters. The van der Waals surface area contributed by atoms with Crippen molar-refractivity contribution < 1.29 is 4.79 Å². The zero-order chi connectivity index (χ0) is 17.3. The zero-order valence-corrected chi connectivity index (χ0v) is 15.5. The molecular weight excluding hydrogens is 304 g/mol. The van der Waals surface area contributed by atoms with E-state index in [4.69, 9.17) is 0 Å². The van der Waals surface area contributed by atoms with Crippen molar-refractivity contribution in [3.63, 3.8) is 0 Å². The van der Waals surface area contributed by atoms with Crippen LogP contribution in [0.2, 0.25) is 0 Å². The first-order chi connectivity index (χ1) is 10.7. The van der Waals surface area contributed by atoms with Crippen LogP contribution < -0.4 is 5.32 Å². The van der Waals surface area contributed by atoms with Gasteiger partial charge in [-0.25, -0.2) is 0 Å². The van der Waals surface area contributed by atoms with Crippen LogP contribution in [0, 0.1) is 24.2 Å². The molecule has 2 rings (SSSR count). The molecule has 1 fully saturated rings. The Morgan fingerprint density at radius 2 is 2.00 bits per heavy atom. The van der Waals surface area contributed by atoms with E-state index in [2.05, 4.69) is 57.3 Å². The van der Waals surface area contributed by atoms with Gasteiger partial charge in [0.15, 0.2) is 0 Å². The number of hydrogen-bond donors (Lipinski definition) is 1. The monoisotopic (exact) mass is 330 g/mol. The lowest BCUT2D eigenvalue weighted by molar-refractivity contribution is -0.119. The number of carbonyl (C=O) groups excluding carboxylic acids is 1. The summed E-state index contributed by atoms with van der Waals surface area (Å²) in [5.74, 6) is 0.595. The fraction of sp³-hybridized carbons (Fsp3) is 0.579. The van der Waals surface area contributed by atoms with E-state index in [1.807, 2.05) is 6.92 Å². The maximum absolute atomic E-state index is 12.2. The summed E-state index contributed by atoms with van der Waals surface area (Å²) >= 11 is 1.55. The number of benzene rings is 1. The minimum atomic E-state index is -0.708. The van der Waals surface area contributed by atoms with Crippen LogP contribution in [0.15, 0.2) is 23.1 Å². The van der Waals surface area contributed by atoms with Gasteiger partial charge < -0.3 is 5.32 Å². The summed E-state index contributed by atoms with van der Waals surface area (Å²) in [7, 11) is 0. The number of nitrogens with one attached hydrogen (secondary N) is 1. The molecule has 0 spiro atoms. The number of thioether (sulfide) groups is 1. The average Bonchev–Trinajstić information content (AvgIpc) is 3.30. The summed E-state index contributed by atoms with van der Waals surface area (Å²) in [6.07, 6.45) is 2.06. The molecule has 1 aromatic carbocycles. The Morgan fingerprint density at radius 1 is 1.35 bits per heavy atom. The van der Waals surface area contributed by atoms with Crippen molar-refractivity contribution in [3.8, 4) is 6.07 Å². The summed E-state index contributed by atoms with van der Waals surface area (Å²) in [5, 5.41) is 12.2. The first-order valence-corrected chi connectivity index (χ1v) is 9.10. The molecule has 1 atom stereocenters. The third kappa shape index (κ3) is 4.51. The summed E-state index contributed by atoms with van der Waals surface area (Å²) < 4.78 is 0. The molecule has 23 heavy (non-hydrogen) atoms. The third-order valence-electron chi connectivity index (χ3n) is 4.44. The Kier molecular flexibility index (Phi) is 5.10. The molecular formula is C19H26N2OS. The highest BCUT2D eigenvalue weighted by Crippen LogP contribution is 2.39. The number of nitrogens with zero attached hydrogens (tertiary/aromatic N) is 1. The van der Waals surface area contributed by atoms with Crippen molar-refractivity contribution in [2.24, 2.45) is 5.92 Å². The summed E-state index contributed by atoms with van der Waals surface area (Å²) in [4.78, 5) is 13.4. The number of rotatable bonds is 5. The number of aryl methyl sites for hydroxylation is 1. The van der Waals surface area contributed by atoms with Gasteiger partial charge in [-0.2, -0.15) is 5.26 Å². The number of carbonyl (C=O) groups is 1. The van der Waals surface area contributed by atoms with Crippen LogP contribution in [-0.2, 0) is 10.2 Å². The van der Waals surface area contributed by atoms with Crippen LogP contribution >= 0.6 is 11.8 Å². The predicted molar refractivity (Wildman–Crippen MR) is 95.5 cm³/mol. The lowest BCUT2D eigenvalue weighted by Crippen LogP contribution is -2.47. The minimum absolute atomic E-state index is 0.0634. The van der Waals surface area contributed by atoms with E-state index in [1.165, 1.54) is 11.1 Å². The van der Waals surface area contributed by atoms with Crippen molar-refractivity contribution in [2.75, 3.05) is 5.75 Å². The summed E-state index contributed by atoms with van der Waals surface area (Å²) in [6, 6.07) is 8.71. The van der Waals surface area contributed by atoms with Gasteiger partial charge in [0, 0.05) is 4.90 Å². The fourth-order valence-corrected chi connectivity index (χ4v) is 3.44. The molecule has 1 N–H and O–H groups in total. The molecule has 0 aromatic heterocycles. The molecule has 0 radical (unpaired) electrons. The van der Waals surface area contributed by atoms with Crippen molar-refractivity contribution in [1.29, 1.82) is 5.26 Å². The van der Waals surface area contributed by atoms with E-state index in [-0.39, 0.29) is 11.3 Å². The first kappa shape index (κ1) is 17.9. The van der Waals surface area contributed by atoms with Gasteiger partial charge >= 0.3 is 0 Å². The van der Waals surface area contributed by atoms with Crippen molar-refractivity contribution in [3.05, 3.63) is 29.3 Å². The molecule has 124 valence electrons. The average molecular weight is 330 g/mol. The predicted octanol–water partition coefficient (Wildman–Crippen LogP) is 4.19.